The molecular formula is C25H21F2N3O6S2. The van der Waals surface area contributed by atoms with Crippen LogP contribution in [0.15, 0.2) is 58.4 Å². The number of ether oxygens (including phenoxy) is 1. The first-order chi connectivity index (χ1) is 18.2. The molecule has 3 aliphatic rings. The summed E-state index contributed by atoms with van der Waals surface area (Å²) in [4.78, 5) is 28.8. The van der Waals surface area contributed by atoms with Gasteiger partial charge in [0.25, 0.3) is 5.91 Å². The van der Waals surface area contributed by atoms with Crippen LogP contribution in [0.1, 0.15) is 33.2 Å². The van der Waals surface area contributed by atoms with Crippen molar-refractivity contribution < 1.29 is 30.9 Å². The van der Waals surface area contributed by atoms with Crippen molar-refractivity contribution in [1.82, 2.24) is 9.58 Å². The fourth-order valence-electron chi connectivity index (χ4n) is 5.20. The van der Waals surface area contributed by atoms with Crippen LogP contribution in [0.5, 0.6) is 5.75 Å². The van der Waals surface area contributed by atoms with Crippen molar-refractivity contribution in [3.05, 3.63) is 92.9 Å². The van der Waals surface area contributed by atoms with E-state index in [0.717, 1.165) is 28.8 Å². The van der Waals surface area contributed by atoms with Crippen molar-refractivity contribution in [2.75, 3.05) is 31.0 Å². The number of pyridine rings is 1. The molecule has 0 bridgehead atoms. The largest absolute Gasteiger partial charge is 0.376 e. The van der Waals surface area contributed by atoms with E-state index in [9.17, 15) is 22.4 Å². The van der Waals surface area contributed by atoms with E-state index in [0.29, 0.717) is 5.56 Å². The molecule has 6 rings (SSSR count). The van der Waals surface area contributed by atoms with E-state index in [1.807, 2.05) is 24.3 Å². The summed E-state index contributed by atoms with van der Waals surface area (Å²) in [7, 11) is -4.16. The number of fused-ring (bicyclic) bond motifs is 4. The summed E-state index contributed by atoms with van der Waals surface area (Å²) >= 11 is 1.36. The molecule has 13 heteroatoms. The maximum Gasteiger partial charge on any atom is 0.306 e. The summed E-state index contributed by atoms with van der Waals surface area (Å²) in [5.41, 5.74) is 0.340. The van der Waals surface area contributed by atoms with Crippen LogP contribution in [-0.4, -0.2) is 56.1 Å². The van der Waals surface area contributed by atoms with Gasteiger partial charge in [-0.05, 0) is 23.3 Å². The molecule has 0 aliphatic carbocycles. The predicted octanol–water partition coefficient (Wildman–Crippen LogP) is 2.61. The van der Waals surface area contributed by atoms with E-state index < -0.39 is 51.0 Å². The number of carbonyl (C=O) groups excluding carboxylic acids is 1. The Kier molecular flexibility index (Phi) is 5.96. The second-order valence-corrected chi connectivity index (χ2v) is 11.7. The van der Waals surface area contributed by atoms with Crippen LogP contribution < -0.4 is 14.6 Å². The summed E-state index contributed by atoms with van der Waals surface area (Å²) in [6, 6.07) is 10.3. The number of thioether (sulfide) groups is 1. The van der Waals surface area contributed by atoms with Gasteiger partial charge >= 0.3 is 10.1 Å². The average molecular weight is 562 g/mol. The number of hydrogen-bond donors (Lipinski definition) is 0. The second kappa shape index (κ2) is 9.10. The normalized spacial score (nSPS) is 20.7. The number of aromatic nitrogens is 1. The maximum atomic E-state index is 15.2. The number of benzene rings is 2. The van der Waals surface area contributed by atoms with Gasteiger partial charge in [0.15, 0.2) is 17.3 Å². The Morgan fingerprint density at radius 2 is 1.87 bits per heavy atom. The lowest BCUT2D eigenvalue weighted by atomic mass is 9.93. The maximum absolute atomic E-state index is 15.2. The van der Waals surface area contributed by atoms with Crippen LogP contribution in [0.25, 0.3) is 0 Å². The Hall–Kier alpha value is -3.42. The Balaban J connectivity index is 1.67. The zero-order valence-electron chi connectivity index (χ0n) is 20.0. The molecule has 0 unspecified atom stereocenters. The van der Waals surface area contributed by atoms with Crippen molar-refractivity contribution in [3.8, 4) is 5.75 Å². The highest BCUT2D eigenvalue weighted by Gasteiger charge is 2.46. The minimum atomic E-state index is -4.16. The molecule has 2 aromatic carbocycles. The molecule has 0 radical (unpaired) electrons. The molecule has 198 valence electrons. The van der Waals surface area contributed by atoms with Crippen LogP contribution in [0.4, 0.5) is 8.78 Å². The van der Waals surface area contributed by atoms with Crippen LogP contribution in [0.3, 0.4) is 0 Å². The van der Waals surface area contributed by atoms with Crippen LogP contribution in [-0.2, 0) is 20.6 Å². The molecule has 1 aromatic heterocycles. The van der Waals surface area contributed by atoms with Gasteiger partial charge in [-0.2, -0.15) is 8.42 Å². The molecule has 2 atom stereocenters. The molecule has 3 aromatic rings. The first kappa shape index (κ1) is 24.9. The molecule has 9 nitrogen and oxygen atoms in total. The number of amides is 1. The zero-order chi connectivity index (χ0) is 26.8. The average Bonchev–Trinajstić information content (AvgIpc) is 3.05. The number of halogens is 2. The van der Waals surface area contributed by atoms with Crippen LogP contribution in [0, 0.1) is 11.6 Å². The Morgan fingerprint density at radius 3 is 2.66 bits per heavy atom. The molecule has 4 heterocycles. The highest BCUT2D eigenvalue weighted by Crippen LogP contribution is 2.45. The van der Waals surface area contributed by atoms with Gasteiger partial charge in [-0.3, -0.25) is 19.3 Å². The number of carbonyl (C=O) groups is 1. The summed E-state index contributed by atoms with van der Waals surface area (Å²) in [6.45, 7) is 0.475. The minimum Gasteiger partial charge on any atom is -0.376 e. The third-order valence-corrected chi connectivity index (χ3v) is 8.35. The fourth-order valence-corrected chi connectivity index (χ4v) is 6.78. The lowest BCUT2D eigenvalue weighted by molar-refractivity contribution is -0.0196. The zero-order valence-corrected chi connectivity index (χ0v) is 21.6. The molecular weight excluding hydrogens is 540 g/mol. The van der Waals surface area contributed by atoms with Gasteiger partial charge in [0, 0.05) is 35.0 Å². The first-order valence-corrected chi connectivity index (χ1v) is 14.5. The monoisotopic (exact) mass is 561 g/mol. The van der Waals surface area contributed by atoms with Crippen molar-refractivity contribution in [2.45, 2.75) is 22.9 Å². The summed E-state index contributed by atoms with van der Waals surface area (Å²) in [6.07, 6.45) is 1.43. The van der Waals surface area contributed by atoms with E-state index in [1.165, 1.54) is 33.6 Å². The molecule has 38 heavy (non-hydrogen) atoms. The fraction of sp³-hybridized carbons (Fsp3) is 0.280. The second-order valence-electron chi connectivity index (χ2n) is 9.08. The van der Waals surface area contributed by atoms with E-state index in [4.69, 9.17) is 8.92 Å². The van der Waals surface area contributed by atoms with Gasteiger partial charge in [0.05, 0.1) is 25.5 Å². The van der Waals surface area contributed by atoms with E-state index in [-0.39, 0.29) is 36.8 Å². The topological polar surface area (TPSA) is 98.2 Å². The molecule has 0 saturated carbocycles. The molecule has 0 spiro atoms. The summed E-state index contributed by atoms with van der Waals surface area (Å²) in [5, 5.41) is 1.74. The smallest absolute Gasteiger partial charge is 0.306 e. The molecule has 1 saturated heterocycles. The number of rotatable bonds is 3. The first-order valence-electron chi connectivity index (χ1n) is 11.7. The van der Waals surface area contributed by atoms with Gasteiger partial charge in [-0.1, -0.05) is 24.3 Å². The van der Waals surface area contributed by atoms with E-state index in [1.54, 1.807) is 5.01 Å². The van der Waals surface area contributed by atoms with Crippen molar-refractivity contribution in [2.24, 2.45) is 0 Å². The molecule has 3 aliphatic heterocycles. The Labute approximate surface area is 220 Å². The van der Waals surface area contributed by atoms with Gasteiger partial charge in [0.1, 0.15) is 6.17 Å². The minimum absolute atomic E-state index is 0.0877. The quantitative estimate of drug-likeness (QED) is 0.451. The summed E-state index contributed by atoms with van der Waals surface area (Å²) in [5.74, 6) is -2.99. The molecule has 1 fully saturated rings. The molecule has 1 amide bonds. The lowest BCUT2D eigenvalue weighted by Crippen LogP contribution is -2.66. The highest BCUT2D eigenvalue weighted by molar-refractivity contribution is 7.98. The highest BCUT2D eigenvalue weighted by atomic mass is 32.2. The Morgan fingerprint density at radius 1 is 1.08 bits per heavy atom. The predicted molar refractivity (Wildman–Crippen MR) is 134 cm³/mol. The van der Waals surface area contributed by atoms with E-state index >= 15 is 4.39 Å². The number of morpholine rings is 1. The lowest BCUT2D eigenvalue weighted by Gasteiger charge is -2.51. The SMILES string of the molecule is CS(=O)(=O)Oc1c2n(ccc1=O)N([C@@H]1c3ccccc3SCc3c1ccc(F)c3F)[C@@H]1COCCN1C2=O. The number of nitrogens with zero attached hydrogens (tertiary/aromatic N) is 3. The van der Waals surface area contributed by atoms with Gasteiger partial charge < -0.3 is 13.8 Å². The third-order valence-electron chi connectivity index (χ3n) is 6.77. The standard InChI is InChI=1S/C25H21F2N3O6S2/c1-38(33,34)36-24-18(31)8-9-29-23(24)25(32)28-10-11-35-12-20(28)30(29)22-14-6-7-17(26)21(27)16(14)13-37-19-5-3-2-4-15(19)22/h2-9,20,22H,10-13H2,1H3/t20-,22+/m1/s1. The van der Waals surface area contributed by atoms with E-state index in [2.05, 4.69) is 0 Å². The van der Waals surface area contributed by atoms with Crippen molar-refractivity contribution >= 4 is 27.8 Å². The van der Waals surface area contributed by atoms with Crippen LogP contribution in [0.2, 0.25) is 0 Å². The third kappa shape index (κ3) is 3.96. The summed E-state index contributed by atoms with van der Waals surface area (Å²) < 4.78 is 65.8. The van der Waals surface area contributed by atoms with Gasteiger partial charge in [0.2, 0.25) is 11.2 Å². The van der Waals surface area contributed by atoms with Gasteiger partial charge in [-0.15, -0.1) is 11.8 Å². The van der Waals surface area contributed by atoms with Crippen LogP contribution >= 0.6 is 11.8 Å². The van der Waals surface area contributed by atoms with Crippen molar-refractivity contribution in [3.63, 3.8) is 0 Å². The van der Waals surface area contributed by atoms with Gasteiger partial charge in [-0.25, -0.2) is 8.78 Å². The number of hydrogen-bond acceptors (Lipinski definition) is 8. The molecule has 0 N–H and O–H groups in total. The van der Waals surface area contributed by atoms with Crippen molar-refractivity contribution in [1.29, 1.82) is 0 Å². The Bertz CT molecular complexity index is 1640.